The van der Waals surface area contributed by atoms with Crippen molar-refractivity contribution in [3.63, 3.8) is 0 Å². The molecule has 170 valence electrons. The molecule has 0 aromatic heterocycles. The zero-order valence-corrected chi connectivity index (χ0v) is 18.9. The van der Waals surface area contributed by atoms with E-state index < -0.39 is 11.9 Å². The summed E-state index contributed by atoms with van der Waals surface area (Å²) in [5.74, 6) is 0.0676. The van der Waals surface area contributed by atoms with Gasteiger partial charge in [0, 0.05) is 5.56 Å². The molecule has 4 aromatic carbocycles. The number of nitrogens with zero attached hydrogens (tertiary/aromatic N) is 1. The van der Waals surface area contributed by atoms with E-state index in [2.05, 4.69) is 10.5 Å². The van der Waals surface area contributed by atoms with Crippen LogP contribution in [0.1, 0.15) is 27.0 Å². The number of ether oxygens (including phenoxy) is 2. The topological polar surface area (TPSA) is 77.0 Å². The third kappa shape index (κ3) is 5.66. The Morgan fingerprint density at radius 3 is 2.26 bits per heavy atom. The molecule has 1 N–H and O–H groups in total. The summed E-state index contributed by atoms with van der Waals surface area (Å²) >= 11 is 0. The van der Waals surface area contributed by atoms with Gasteiger partial charge in [-0.05, 0) is 55.0 Å². The molecule has 0 radical (unpaired) electrons. The van der Waals surface area contributed by atoms with Gasteiger partial charge in [0.05, 0.1) is 11.8 Å². The van der Waals surface area contributed by atoms with E-state index in [1.165, 1.54) is 6.21 Å². The quantitative estimate of drug-likeness (QED) is 0.181. The van der Waals surface area contributed by atoms with Crippen LogP contribution in [-0.2, 0) is 4.79 Å². The monoisotopic (exact) mass is 452 g/mol. The van der Waals surface area contributed by atoms with Crippen LogP contribution in [0, 0.1) is 13.8 Å². The van der Waals surface area contributed by atoms with Crippen molar-refractivity contribution in [3.8, 4) is 11.5 Å². The van der Waals surface area contributed by atoms with Crippen LogP contribution in [0.4, 0.5) is 0 Å². The number of carbonyl (C=O) groups is 2. The van der Waals surface area contributed by atoms with E-state index in [4.69, 9.17) is 9.47 Å². The normalized spacial score (nSPS) is 10.9. The van der Waals surface area contributed by atoms with Crippen LogP contribution in [0.15, 0.2) is 90.0 Å². The van der Waals surface area contributed by atoms with Gasteiger partial charge in [0.1, 0.15) is 11.5 Å². The Bertz CT molecular complexity index is 1340. The van der Waals surface area contributed by atoms with Gasteiger partial charge in [0.2, 0.25) is 0 Å². The molecular formula is C28H24N2O4. The zero-order valence-electron chi connectivity index (χ0n) is 18.9. The molecule has 4 rings (SSSR count). The van der Waals surface area contributed by atoms with Gasteiger partial charge in [-0.2, -0.15) is 5.10 Å². The highest BCUT2D eigenvalue weighted by Gasteiger charge is 2.13. The van der Waals surface area contributed by atoms with Crippen LogP contribution in [0.2, 0.25) is 0 Å². The third-order valence-corrected chi connectivity index (χ3v) is 5.19. The van der Waals surface area contributed by atoms with Gasteiger partial charge in [-0.3, -0.25) is 4.79 Å². The summed E-state index contributed by atoms with van der Waals surface area (Å²) in [5, 5.41) is 5.86. The Morgan fingerprint density at radius 2 is 1.53 bits per heavy atom. The fraction of sp³-hybridized carbons (Fsp3) is 0.107. The molecule has 0 aliphatic rings. The molecule has 0 saturated carbocycles. The Balaban J connectivity index is 1.50. The Hall–Kier alpha value is -4.45. The molecule has 0 fully saturated rings. The molecule has 0 aliphatic heterocycles. The van der Waals surface area contributed by atoms with E-state index in [1.807, 2.05) is 68.4 Å². The second kappa shape index (κ2) is 10.4. The molecule has 4 aromatic rings. The van der Waals surface area contributed by atoms with Crippen molar-refractivity contribution < 1.29 is 19.1 Å². The van der Waals surface area contributed by atoms with Crippen molar-refractivity contribution in [2.45, 2.75) is 13.8 Å². The number of benzene rings is 4. The van der Waals surface area contributed by atoms with Crippen LogP contribution in [-0.4, -0.2) is 24.7 Å². The van der Waals surface area contributed by atoms with E-state index in [1.54, 1.807) is 30.3 Å². The van der Waals surface area contributed by atoms with E-state index in [0.29, 0.717) is 22.6 Å². The summed E-state index contributed by atoms with van der Waals surface area (Å²) in [7, 11) is 0. The summed E-state index contributed by atoms with van der Waals surface area (Å²) in [4.78, 5) is 24.9. The lowest BCUT2D eigenvalue weighted by molar-refractivity contribution is -0.123. The predicted octanol–water partition coefficient (Wildman–Crippen LogP) is 5.20. The summed E-state index contributed by atoms with van der Waals surface area (Å²) in [6.07, 6.45) is 1.48. The minimum absolute atomic E-state index is 0.175. The first-order valence-corrected chi connectivity index (χ1v) is 10.8. The molecule has 0 saturated heterocycles. The Kier molecular flexibility index (Phi) is 6.98. The van der Waals surface area contributed by atoms with Crippen molar-refractivity contribution in [3.05, 3.63) is 107 Å². The number of fused-ring (bicyclic) bond motifs is 1. The smallest absolute Gasteiger partial charge is 0.343 e. The molecule has 6 nitrogen and oxygen atoms in total. The average molecular weight is 453 g/mol. The molecule has 0 bridgehead atoms. The van der Waals surface area contributed by atoms with Crippen molar-refractivity contribution in [2.75, 3.05) is 6.61 Å². The number of rotatable bonds is 7. The SMILES string of the molecule is Cc1ccc(OCC(=O)NN=Cc2c(OC(=O)c3ccc(C)cc3)ccc3ccccc23)cc1. The van der Waals surface area contributed by atoms with Crippen molar-refractivity contribution in [2.24, 2.45) is 5.10 Å². The van der Waals surface area contributed by atoms with Crippen LogP contribution < -0.4 is 14.9 Å². The number of aryl methyl sites for hydroxylation is 2. The van der Waals surface area contributed by atoms with Crippen LogP contribution in [0.5, 0.6) is 11.5 Å². The largest absolute Gasteiger partial charge is 0.484 e. The number of hydrogen-bond acceptors (Lipinski definition) is 5. The van der Waals surface area contributed by atoms with Crippen molar-refractivity contribution in [1.29, 1.82) is 0 Å². The van der Waals surface area contributed by atoms with Gasteiger partial charge in [-0.1, -0.05) is 65.7 Å². The predicted molar refractivity (Wildman–Crippen MR) is 132 cm³/mol. The van der Waals surface area contributed by atoms with E-state index in [-0.39, 0.29) is 6.61 Å². The van der Waals surface area contributed by atoms with E-state index in [9.17, 15) is 9.59 Å². The van der Waals surface area contributed by atoms with Crippen molar-refractivity contribution >= 4 is 28.9 Å². The first kappa shape index (κ1) is 22.7. The number of hydrogen-bond donors (Lipinski definition) is 1. The molecular weight excluding hydrogens is 428 g/mol. The molecule has 0 atom stereocenters. The number of nitrogens with one attached hydrogen (secondary N) is 1. The molecule has 0 spiro atoms. The summed E-state index contributed by atoms with van der Waals surface area (Å²) in [6, 6.07) is 25.8. The first-order valence-electron chi connectivity index (χ1n) is 10.8. The maximum absolute atomic E-state index is 12.7. The molecule has 34 heavy (non-hydrogen) atoms. The first-order chi connectivity index (χ1) is 16.5. The lowest BCUT2D eigenvalue weighted by atomic mass is 10.0. The molecule has 0 aliphatic carbocycles. The molecule has 6 heteroatoms. The van der Waals surface area contributed by atoms with Crippen LogP contribution in [0.3, 0.4) is 0 Å². The highest BCUT2D eigenvalue weighted by Crippen LogP contribution is 2.27. The lowest BCUT2D eigenvalue weighted by Gasteiger charge is -2.11. The highest BCUT2D eigenvalue weighted by atomic mass is 16.5. The fourth-order valence-electron chi connectivity index (χ4n) is 3.33. The molecule has 0 unspecified atom stereocenters. The second-order valence-electron chi connectivity index (χ2n) is 7.85. The third-order valence-electron chi connectivity index (χ3n) is 5.19. The van der Waals surface area contributed by atoms with Crippen LogP contribution in [0.25, 0.3) is 10.8 Å². The average Bonchev–Trinajstić information content (AvgIpc) is 2.85. The number of amides is 1. The summed E-state index contributed by atoms with van der Waals surface area (Å²) in [5.41, 5.74) is 5.65. The fourth-order valence-corrected chi connectivity index (χ4v) is 3.33. The Morgan fingerprint density at radius 1 is 0.853 bits per heavy atom. The van der Waals surface area contributed by atoms with Crippen molar-refractivity contribution in [1.82, 2.24) is 5.43 Å². The maximum atomic E-state index is 12.7. The highest BCUT2D eigenvalue weighted by molar-refractivity contribution is 6.04. The van der Waals surface area contributed by atoms with Crippen LogP contribution >= 0.6 is 0 Å². The zero-order chi connectivity index (χ0) is 23.9. The maximum Gasteiger partial charge on any atom is 0.343 e. The number of esters is 1. The molecule has 1 amide bonds. The van der Waals surface area contributed by atoms with Gasteiger partial charge >= 0.3 is 5.97 Å². The van der Waals surface area contributed by atoms with Gasteiger partial charge in [0.25, 0.3) is 5.91 Å². The number of hydrazone groups is 1. The Labute approximate surface area is 197 Å². The number of carbonyl (C=O) groups excluding carboxylic acids is 2. The van der Waals surface area contributed by atoms with Gasteiger partial charge in [-0.15, -0.1) is 0 Å². The van der Waals surface area contributed by atoms with Gasteiger partial charge in [-0.25, -0.2) is 10.2 Å². The summed E-state index contributed by atoms with van der Waals surface area (Å²) < 4.78 is 11.2. The minimum Gasteiger partial charge on any atom is -0.484 e. The molecule has 0 heterocycles. The van der Waals surface area contributed by atoms with Gasteiger partial charge in [0.15, 0.2) is 6.61 Å². The second-order valence-corrected chi connectivity index (χ2v) is 7.85. The van der Waals surface area contributed by atoms with Gasteiger partial charge < -0.3 is 9.47 Å². The van der Waals surface area contributed by atoms with E-state index in [0.717, 1.165) is 21.9 Å². The standard InChI is InChI=1S/C28H24N2O4/c1-19-7-11-22(12-8-19)28(32)34-26-16-13-21-5-3-4-6-24(21)25(26)17-29-30-27(31)18-33-23-14-9-20(2)10-15-23/h3-17H,18H2,1-2H3,(H,30,31). The minimum atomic E-state index is -0.472. The summed E-state index contributed by atoms with van der Waals surface area (Å²) in [6.45, 7) is 3.75. The lowest BCUT2D eigenvalue weighted by Crippen LogP contribution is -2.24. The van der Waals surface area contributed by atoms with E-state index >= 15 is 0 Å².